The fraction of sp³-hybridized carbons (Fsp3) is 0.478. The van der Waals surface area contributed by atoms with Crippen molar-refractivity contribution >= 4 is 14.2 Å². The Morgan fingerprint density at radius 1 is 1.16 bits per heavy atom. The number of rotatable bonds is 10. The standard InChI is InChI=1S/C23H35N3O5Si/c1-23(2,3)32(5,6)31-16-18-14-19(27)21(30-15-17-10-8-7-9-11-17)20(26(18)24)22(28)25-12-13-29-4/h7-11,14H,12-13,15-16,24H2,1-6H3,(H,25,28). The Balaban J connectivity index is 2.39. The lowest BCUT2D eigenvalue weighted by molar-refractivity contribution is 0.0922. The van der Waals surface area contributed by atoms with Gasteiger partial charge >= 0.3 is 0 Å². The van der Waals surface area contributed by atoms with Crippen molar-refractivity contribution in [1.82, 2.24) is 9.99 Å². The molecule has 0 spiro atoms. The number of benzene rings is 1. The predicted molar refractivity (Wildman–Crippen MR) is 128 cm³/mol. The Morgan fingerprint density at radius 2 is 1.81 bits per heavy atom. The number of carbonyl (C=O) groups is 1. The Bertz CT molecular complexity index is 968. The van der Waals surface area contributed by atoms with E-state index in [9.17, 15) is 9.59 Å². The molecule has 0 bridgehead atoms. The van der Waals surface area contributed by atoms with Crippen molar-refractivity contribution in [3.8, 4) is 5.75 Å². The third-order valence-corrected chi connectivity index (χ3v) is 10.2. The van der Waals surface area contributed by atoms with Gasteiger partial charge in [-0.05, 0) is 23.7 Å². The van der Waals surface area contributed by atoms with Crippen LogP contribution in [0.1, 0.15) is 42.5 Å². The van der Waals surface area contributed by atoms with Gasteiger partial charge in [0.1, 0.15) is 6.61 Å². The monoisotopic (exact) mass is 461 g/mol. The van der Waals surface area contributed by atoms with Gasteiger partial charge in [0.15, 0.2) is 19.8 Å². The maximum absolute atomic E-state index is 12.9. The summed E-state index contributed by atoms with van der Waals surface area (Å²) in [6.45, 7) is 11.5. The number of nitrogens with one attached hydrogen (secondary N) is 1. The van der Waals surface area contributed by atoms with Gasteiger partial charge in [-0.25, -0.2) is 0 Å². The summed E-state index contributed by atoms with van der Waals surface area (Å²) in [6.07, 6.45) is 0. The summed E-state index contributed by atoms with van der Waals surface area (Å²) in [6, 6.07) is 10.8. The van der Waals surface area contributed by atoms with Crippen molar-refractivity contribution in [2.75, 3.05) is 26.1 Å². The molecule has 0 fully saturated rings. The minimum atomic E-state index is -2.09. The van der Waals surface area contributed by atoms with Crippen molar-refractivity contribution in [3.63, 3.8) is 0 Å². The van der Waals surface area contributed by atoms with Crippen LogP contribution in [-0.2, 0) is 22.4 Å². The second kappa shape index (κ2) is 10.8. The van der Waals surface area contributed by atoms with E-state index in [0.29, 0.717) is 12.3 Å². The van der Waals surface area contributed by atoms with Gasteiger partial charge in [0.25, 0.3) is 5.91 Å². The van der Waals surface area contributed by atoms with Gasteiger partial charge in [-0.3, -0.25) is 14.3 Å². The highest BCUT2D eigenvalue weighted by molar-refractivity contribution is 6.74. The van der Waals surface area contributed by atoms with Crippen LogP contribution in [0.2, 0.25) is 18.1 Å². The van der Waals surface area contributed by atoms with Crippen LogP contribution in [0.5, 0.6) is 5.75 Å². The fourth-order valence-electron chi connectivity index (χ4n) is 2.67. The molecular weight excluding hydrogens is 426 g/mol. The van der Waals surface area contributed by atoms with E-state index in [0.717, 1.165) is 5.56 Å². The quantitative estimate of drug-likeness (QED) is 0.320. The zero-order chi connectivity index (χ0) is 23.9. The first-order valence-corrected chi connectivity index (χ1v) is 13.5. The molecule has 0 unspecified atom stereocenters. The SMILES string of the molecule is COCCNC(=O)c1c(OCc2ccccc2)c(=O)cc(CO[Si](C)(C)C(C)(C)C)n1N. The lowest BCUT2D eigenvalue weighted by Crippen LogP contribution is -2.41. The predicted octanol–water partition coefficient (Wildman–Crippen LogP) is 3.04. The van der Waals surface area contributed by atoms with E-state index in [1.165, 1.54) is 17.9 Å². The van der Waals surface area contributed by atoms with Crippen molar-refractivity contribution in [2.45, 2.75) is 52.1 Å². The van der Waals surface area contributed by atoms with E-state index >= 15 is 0 Å². The van der Waals surface area contributed by atoms with E-state index in [1.807, 2.05) is 30.3 Å². The first kappa shape index (κ1) is 25.6. The van der Waals surface area contributed by atoms with Crippen molar-refractivity contribution in [2.24, 2.45) is 0 Å². The highest BCUT2D eigenvalue weighted by Crippen LogP contribution is 2.37. The first-order chi connectivity index (χ1) is 15.0. The smallest absolute Gasteiger partial charge is 0.273 e. The Labute approximate surface area is 190 Å². The second-order valence-electron chi connectivity index (χ2n) is 9.12. The van der Waals surface area contributed by atoms with Gasteiger partial charge in [-0.15, -0.1) is 0 Å². The summed E-state index contributed by atoms with van der Waals surface area (Å²) in [4.78, 5) is 25.9. The summed E-state index contributed by atoms with van der Waals surface area (Å²) in [5, 5.41) is 2.71. The average Bonchev–Trinajstić information content (AvgIpc) is 2.73. The van der Waals surface area contributed by atoms with Crippen molar-refractivity contribution in [1.29, 1.82) is 0 Å². The van der Waals surface area contributed by atoms with Crippen LogP contribution in [0.15, 0.2) is 41.2 Å². The number of methoxy groups -OCH3 is 1. The molecule has 0 saturated carbocycles. The summed E-state index contributed by atoms with van der Waals surface area (Å²) >= 11 is 0. The molecule has 0 radical (unpaired) electrons. The first-order valence-electron chi connectivity index (χ1n) is 10.6. The summed E-state index contributed by atoms with van der Waals surface area (Å²) in [7, 11) is -0.551. The number of aromatic nitrogens is 1. The molecule has 0 aliphatic carbocycles. The third kappa shape index (κ3) is 6.44. The van der Waals surface area contributed by atoms with Crippen LogP contribution >= 0.6 is 0 Å². The summed E-state index contributed by atoms with van der Waals surface area (Å²) in [5.41, 5.74) is 0.807. The van der Waals surface area contributed by atoms with E-state index in [2.05, 4.69) is 39.2 Å². The van der Waals surface area contributed by atoms with Gasteiger partial charge in [0.2, 0.25) is 5.43 Å². The molecule has 0 aliphatic rings. The summed E-state index contributed by atoms with van der Waals surface area (Å²) in [5.74, 6) is 5.70. The average molecular weight is 462 g/mol. The van der Waals surface area contributed by atoms with E-state index in [1.54, 1.807) is 0 Å². The number of pyridine rings is 1. The molecule has 176 valence electrons. The van der Waals surface area contributed by atoms with Crippen LogP contribution in [0.3, 0.4) is 0 Å². The highest BCUT2D eigenvalue weighted by Gasteiger charge is 2.37. The Hall–Kier alpha value is -2.62. The number of carbonyl (C=O) groups excluding carboxylic acids is 1. The molecule has 0 atom stereocenters. The number of nitrogens with two attached hydrogens (primary N) is 1. The number of hydrogen-bond acceptors (Lipinski definition) is 6. The van der Waals surface area contributed by atoms with Crippen LogP contribution < -0.4 is 21.3 Å². The van der Waals surface area contributed by atoms with E-state index in [-0.39, 0.29) is 36.2 Å². The van der Waals surface area contributed by atoms with Crippen LogP contribution in [0.25, 0.3) is 0 Å². The maximum atomic E-state index is 12.9. The molecule has 2 aromatic rings. The van der Waals surface area contributed by atoms with Crippen LogP contribution in [0, 0.1) is 0 Å². The topological polar surface area (TPSA) is 105 Å². The Morgan fingerprint density at radius 3 is 2.41 bits per heavy atom. The van der Waals surface area contributed by atoms with E-state index < -0.39 is 19.7 Å². The lowest BCUT2D eigenvalue weighted by atomic mass is 10.2. The van der Waals surface area contributed by atoms with Crippen molar-refractivity contribution < 1.29 is 18.7 Å². The van der Waals surface area contributed by atoms with Gasteiger partial charge < -0.3 is 25.1 Å². The molecule has 1 aromatic heterocycles. The molecule has 0 aliphatic heterocycles. The van der Waals surface area contributed by atoms with Crippen LogP contribution in [0.4, 0.5) is 0 Å². The van der Waals surface area contributed by atoms with Gasteiger partial charge in [0.05, 0.1) is 18.9 Å². The van der Waals surface area contributed by atoms with E-state index in [4.69, 9.17) is 19.7 Å². The maximum Gasteiger partial charge on any atom is 0.273 e. The third-order valence-electron chi connectivity index (χ3n) is 5.71. The lowest BCUT2D eigenvalue weighted by Gasteiger charge is -2.36. The molecule has 8 nitrogen and oxygen atoms in total. The van der Waals surface area contributed by atoms with Crippen LogP contribution in [-0.4, -0.2) is 39.2 Å². The van der Waals surface area contributed by atoms with Gasteiger partial charge in [0, 0.05) is 19.7 Å². The number of ether oxygens (including phenoxy) is 2. The molecule has 1 aromatic carbocycles. The molecule has 1 amide bonds. The Kier molecular flexibility index (Phi) is 8.65. The molecular formula is C23H35N3O5Si. The van der Waals surface area contributed by atoms with Gasteiger partial charge in [-0.1, -0.05) is 51.1 Å². The molecule has 1 heterocycles. The normalized spacial score (nSPS) is 11.9. The number of amides is 1. The fourth-order valence-corrected chi connectivity index (χ4v) is 3.61. The second-order valence-corrected chi connectivity index (χ2v) is 13.9. The molecule has 32 heavy (non-hydrogen) atoms. The molecule has 0 saturated heterocycles. The molecule has 9 heteroatoms. The van der Waals surface area contributed by atoms with Crippen molar-refractivity contribution in [3.05, 3.63) is 63.6 Å². The number of nitrogen functional groups attached to an aromatic ring is 1. The zero-order valence-electron chi connectivity index (χ0n) is 19.9. The molecule has 2 rings (SSSR count). The number of nitrogens with zero attached hydrogens (tertiary/aromatic N) is 1. The zero-order valence-corrected chi connectivity index (χ0v) is 20.9. The minimum absolute atomic E-state index is 0.00812. The number of hydrogen-bond donors (Lipinski definition) is 2. The van der Waals surface area contributed by atoms with Gasteiger partial charge in [-0.2, -0.15) is 0 Å². The highest BCUT2D eigenvalue weighted by atomic mass is 28.4. The summed E-state index contributed by atoms with van der Waals surface area (Å²) < 4.78 is 18.2. The minimum Gasteiger partial charge on any atom is -0.482 e. The molecule has 3 N–H and O–H groups in total. The largest absolute Gasteiger partial charge is 0.482 e.